The van der Waals surface area contributed by atoms with Crippen molar-refractivity contribution < 1.29 is 0 Å². The molecule has 0 radical (unpaired) electrons. The second kappa shape index (κ2) is 22.7. The summed E-state index contributed by atoms with van der Waals surface area (Å²) in [6.07, 6.45) is 36.8. The van der Waals surface area contributed by atoms with Crippen molar-refractivity contribution in [2.75, 3.05) is 0 Å². The lowest BCUT2D eigenvalue weighted by molar-refractivity contribution is 0.441. The summed E-state index contributed by atoms with van der Waals surface area (Å²) < 4.78 is 2.43. The highest BCUT2D eigenvalue weighted by Gasteiger charge is 2.18. The number of nitrogens with zero attached hydrogens (tertiary/aromatic N) is 2. The van der Waals surface area contributed by atoms with Crippen molar-refractivity contribution in [3.05, 3.63) is 18.2 Å². The van der Waals surface area contributed by atoms with Crippen molar-refractivity contribution >= 4 is 0 Å². The van der Waals surface area contributed by atoms with Crippen LogP contribution in [0.25, 0.3) is 0 Å². The number of hydrogen-bond donors (Lipinski definition) is 0. The molecular weight excluding hydrogens is 412 g/mol. The normalized spacial score (nSPS) is 12.6. The van der Waals surface area contributed by atoms with E-state index < -0.39 is 0 Å². The summed E-state index contributed by atoms with van der Waals surface area (Å²) in [5.74, 6) is 2.02. The molecule has 1 unspecified atom stereocenters. The first-order chi connectivity index (χ1) is 16.7. The van der Waals surface area contributed by atoms with Crippen molar-refractivity contribution in [2.45, 2.75) is 187 Å². The van der Waals surface area contributed by atoms with Crippen molar-refractivity contribution in [1.82, 2.24) is 9.55 Å². The highest BCUT2D eigenvalue weighted by Crippen LogP contribution is 2.29. The summed E-state index contributed by atoms with van der Waals surface area (Å²) in [5, 5.41) is 0. The van der Waals surface area contributed by atoms with E-state index in [-0.39, 0.29) is 0 Å². The molecule has 0 aliphatic heterocycles. The Hall–Kier alpha value is -0.790. The third-order valence-electron chi connectivity index (χ3n) is 7.68. The second-order valence-corrected chi connectivity index (χ2v) is 11.3. The van der Waals surface area contributed by atoms with Crippen LogP contribution in [0.1, 0.15) is 193 Å². The Balaban J connectivity index is 2.20. The molecule has 0 saturated heterocycles. The average Bonchev–Trinajstić information content (AvgIpc) is 3.32. The standard InChI is InChI=1S/C32H62N2/c1-5-7-9-11-13-15-16-17-18-19-21-23-25-27-31(32-33-28-29-34(32)30(3)4)26-24-22-20-14-12-10-8-6-2/h28-31H,5-27H2,1-4H3. The van der Waals surface area contributed by atoms with Crippen LogP contribution < -0.4 is 0 Å². The van der Waals surface area contributed by atoms with Crippen LogP contribution in [0.5, 0.6) is 0 Å². The molecule has 1 rings (SSSR count). The average molecular weight is 475 g/mol. The molecule has 0 bridgehead atoms. The van der Waals surface area contributed by atoms with E-state index in [4.69, 9.17) is 4.98 Å². The van der Waals surface area contributed by atoms with Gasteiger partial charge in [0.15, 0.2) is 0 Å². The molecule has 1 aromatic rings. The fourth-order valence-corrected chi connectivity index (χ4v) is 5.41. The summed E-state index contributed by atoms with van der Waals surface area (Å²) >= 11 is 0. The van der Waals surface area contributed by atoms with Crippen LogP contribution in [0.3, 0.4) is 0 Å². The third kappa shape index (κ3) is 16.0. The van der Waals surface area contributed by atoms with Crippen molar-refractivity contribution in [2.24, 2.45) is 0 Å². The Bertz CT molecular complexity index is 533. The van der Waals surface area contributed by atoms with Gasteiger partial charge in [0.25, 0.3) is 0 Å². The van der Waals surface area contributed by atoms with Gasteiger partial charge in [0.2, 0.25) is 0 Å². The maximum Gasteiger partial charge on any atom is 0.111 e. The second-order valence-electron chi connectivity index (χ2n) is 11.3. The van der Waals surface area contributed by atoms with Crippen LogP contribution in [0.15, 0.2) is 12.4 Å². The minimum atomic E-state index is 0.519. The van der Waals surface area contributed by atoms with Gasteiger partial charge in [-0.2, -0.15) is 0 Å². The molecule has 0 aliphatic carbocycles. The topological polar surface area (TPSA) is 17.8 Å². The van der Waals surface area contributed by atoms with Crippen molar-refractivity contribution in [3.8, 4) is 0 Å². The molecule has 0 amide bonds. The summed E-state index contributed by atoms with van der Waals surface area (Å²) in [6, 6.07) is 0.519. The van der Waals surface area contributed by atoms with Gasteiger partial charge in [0, 0.05) is 24.4 Å². The van der Waals surface area contributed by atoms with E-state index in [2.05, 4.69) is 38.5 Å². The van der Waals surface area contributed by atoms with E-state index in [1.165, 1.54) is 154 Å². The quantitative estimate of drug-likeness (QED) is 0.129. The van der Waals surface area contributed by atoms with Gasteiger partial charge in [0.05, 0.1) is 0 Å². The van der Waals surface area contributed by atoms with Crippen LogP contribution in [0, 0.1) is 0 Å². The van der Waals surface area contributed by atoms with Gasteiger partial charge in [-0.25, -0.2) is 4.98 Å². The maximum absolute atomic E-state index is 4.83. The SMILES string of the molecule is CCCCCCCCCCCCCCCC(CCCCCCCCCC)c1nccn1C(C)C. The molecule has 0 fully saturated rings. The minimum Gasteiger partial charge on any atom is -0.332 e. The van der Waals surface area contributed by atoms with Crippen LogP contribution in [-0.4, -0.2) is 9.55 Å². The molecule has 1 aromatic heterocycles. The summed E-state index contributed by atoms with van der Waals surface area (Å²) in [4.78, 5) is 4.83. The highest BCUT2D eigenvalue weighted by molar-refractivity contribution is 5.02. The molecule has 0 saturated carbocycles. The predicted octanol–water partition coefficient (Wildman–Crippen LogP) is 11.6. The van der Waals surface area contributed by atoms with E-state index in [1.807, 2.05) is 6.20 Å². The molecule has 2 nitrogen and oxygen atoms in total. The van der Waals surface area contributed by atoms with Crippen LogP contribution in [0.2, 0.25) is 0 Å². The van der Waals surface area contributed by atoms with E-state index in [9.17, 15) is 0 Å². The number of aromatic nitrogens is 2. The fraction of sp³-hybridized carbons (Fsp3) is 0.906. The van der Waals surface area contributed by atoms with Crippen molar-refractivity contribution in [3.63, 3.8) is 0 Å². The van der Waals surface area contributed by atoms with Gasteiger partial charge >= 0.3 is 0 Å². The number of hydrogen-bond acceptors (Lipinski definition) is 1. The molecule has 0 spiro atoms. The Morgan fingerprint density at radius 2 is 0.912 bits per heavy atom. The van der Waals surface area contributed by atoms with Crippen LogP contribution >= 0.6 is 0 Å². The van der Waals surface area contributed by atoms with Gasteiger partial charge < -0.3 is 4.57 Å². The van der Waals surface area contributed by atoms with Crippen LogP contribution in [0.4, 0.5) is 0 Å². The van der Waals surface area contributed by atoms with E-state index in [1.54, 1.807) is 0 Å². The molecule has 0 aliphatic rings. The largest absolute Gasteiger partial charge is 0.332 e. The van der Waals surface area contributed by atoms with Gasteiger partial charge in [-0.1, -0.05) is 149 Å². The smallest absolute Gasteiger partial charge is 0.111 e. The zero-order chi connectivity index (χ0) is 24.7. The minimum absolute atomic E-state index is 0.519. The van der Waals surface area contributed by atoms with Crippen molar-refractivity contribution in [1.29, 1.82) is 0 Å². The molecule has 200 valence electrons. The molecule has 1 atom stereocenters. The Kier molecular flexibility index (Phi) is 20.8. The molecule has 2 heteroatoms. The zero-order valence-electron chi connectivity index (χ0n) is 24.0. The number of imidazole rings is 1. The summed E-state index contributed by atoms with van der Waals surface area (Å²) in [5.41, 5.74) is 0. The van der Waals surface area contributed by atoms with E-state index in [0.717, 1.165) is 0 Å². The van der Waals surface area contributed by atoms with E-state index >= 15 is 0 Å². The van der Waals surface area contributed by atoms with Gasteiger partial charge in [0.1, 0.15) is 5.82 Å². The molecule has 1 heterocycles. The number of rotatable bonds is 25. The Labute approximate surface area is 215 Å². The maximum atomic E-state index is 4.83. The third-order valence-corrected chi connectivity index (χ3v) is 7.68. The monoisotopic (exact) mass is 474 g/mol. The fourth-order valence-electron chi connectivity index (χ4n) is 5.41. The van der Waals surface area contributed by atoms with Gasteiger partial charge in [-0.3, -0.25) is 0 Å². The first-order valence-corrected chi connectivity index (χ1v) is 15.7. The number of unbranched alkanes of at least 4 members (excludes halogenated alkanes) is 19. The van der Waals surface area contributed by atoms with Gasteiger partial charge in [-0.05, 0) is 26.7 Å². The lowest BCUT2D eigenvalue weighted by Gasteiger charge is -2.20. The summed E-state index contributed by atoms with van der Waals surface area (Å²) in [7, 11) is 0. The van der Waals surface area contributed by atoms with Crippen LogP contribution in [-0.2, 0) is 0 Å². The zero-order valence-corrected chi connectivity index (χ0v) is 24.0. The lowest BCUT2D eigenvalue weighted by atomic mass is 9.93. The molecule has 0 aromatic carbocycles. The Morgan fingerprint density at radius 3 is 1.26 bits per heavy atom. The molecule has 0 N–H and O–H groups in total. The molecular formula is C32H62N2. The highest BCUT2D eigenvalue weighted by atomic mass is 15.1. The first-order valence-electron chi connectivity index (χ1n) is 15.7. The lowest BCUT2D eigenvalue weighted by Crippen LogP contribution is -2.11. The predicted molar refractivity (Wildman–Crippen MR) is 153 cm³/mol. The van der Waals surface area contributed by atoms with Gasteiger partial charge in [-0.15, -0.1) is 0 Å². The Morgan fingerprint density at radius 1 is 0.559 bits per heavy atom. The summed E-state index contributed by atoms with van der Waals surface area (Å²) in [6.45, 7) is 9.20. The molecule has 34 heavy (non-hydrogen) atoms. The first kappa shape index (κ1) is 31.2. The van der Waals surface area contributed by atoms with E-state index in [0.29, 0.717) is 12.0 Å².